The van der Waals surface area contributed by atoms with E-state index in [2.05, 4.69) is 20.6 Å². The highest BCUT2D eigenvalue weighted by Gasteiger charge is 2.22. The summed E-state index contributed by atoms with van der Waals surface area (Å²) in [6.07, 6.45) is 3.51. The Morgan fingerprint density at radius 3 is 2.71 bits per heavy atom. The number of pyridine rings is 1. The van der Waals surface area contributed by atoms with Crippen LogP contribution in [0.25, 0.3) is 22.4 Å². The van der Waals surface area contributed by atoms with Gasteiger partial charge in [0.2, 0.25) is 0 Å². The van der Waals surface area contributed by atoms with Crippen molar-refractivity contribution in [2.45, 2.75) is 19.9 Å². The largest absolute Gasteiger partial charge is 0.497 e. The van der Waals surface area contributed by atoms with Gasteiger partial charge in [-0.2, -0.15) is 5.10 Å². The van der Waals surface area contributed by atoms with Crippen LogP contribution in [0.2, 0.25) is 0 Å². The molecule has 0 saturated carbocycles. The number of amides is 1. The molecule has 4 aromatic rings. The average molecular weight is 421 g/mol. The van der Waals surface area contributed by atoms with Gasteiger partial charge in [-0.3, -0.25) is 9.48 Å². The molecule has 9 nitrogen and oxygen atoms in total. The van der Waals surface area contributed by atoms with E-state index in [1.54, 1.807) is 38.1 Å². The van der Waals surface area contributed by atoms with Crippen molar-refractivity contribution in [1.82, 2.24) is 25.2 Å². The summed E-state index contributed by atoms with van der Waals surface area (Å²) in [5, 5.41) is 11.8. The van der Waals surface area contributed by atoms with Crippen molar-refractivity contribution in [2.75, 3.05) is 14.2 Å². The highest BCUT2D eigenvalue weighted by molar-refractivity contribution is 6.07. The Kier molecular flexibility index (Phi) is 5.33. The number of fused-ring (bicyclic) bond motifs is 1. The molecule has 1 atom stereocenters. The van der Waals surface area contributed by atoms with Gasteiger partial charge in [0.1, 0.15) is 11.5 Å². The molecule has 3 heterocycles. The van der Waals surface area contributed by atoms with Crippen LogP contribution in [0.1, 0.15) is 34.6 Å². The number of benzene rings is 1. The van der Waals surface area contributed by atoms with Crippen LogP contribution in [-0.2, 0) is 7.05 Å². The molecule has 9 heteroatoms. The fourth-order valence-corrected chi connectivity index (χ4v) is 3.51. The molecule has 0 aliphatic rings. The molecule has 0 bridgehead atoms. The highest BCUT2D eigenvalue weighted by atomic mass is 16.5. The minimum atomic E-state index is -0.345. The predicted molar refractivity (Wildman–Crippen MR) is 114 cm³/mol. The standard InChI is InChI=1S/C22H23N5O4/c1-12(16-8-15(29-4)6-7-19(16)30-5)24-21(28)17-9-18(14-10-23-27(3)11-14)25-22-20(17)13(2)26-31-22/h6-12H,1-5H3,(H,24,28). The molecule has 1 unspecified atom stereocenters. The van der Waals surface area contributed by atoms with E-state index in [-0.39, 0.29) is 11.9 Å². The summed E-state index contributed by atoms with van der Waals surface area (Å²) in [4.78, 5) is 17.8. The van der Waals surface area contributed by atoms with E-state index >= 15 is 0 Å². The van der Waals surface area contributed by atoms with E-state index in [1.165, 1.54) is 0 Å². The smallest absolute Gasteiger partial charge is 0.259 e. The fourth-order valence-electron chi connectivity index (χ4n) is 3.51. The lowest BCUT2D eigenvalue weighted by atomic mass is 10.0. The van der Waals surface area contributed by atoms with Crippen LogP contribution >= 0.6 is 0 Å². The van der Waals surface area contributed by atoms with E-state index < -0.39 is 0 Å². The molecule has 1 aromatic carbocycles. The Morgan fingerprint density at radius 1 is 1.23 bits per heavy atom. The first kappa shape index (κ1) is 20.4. The predicted octanol–water partition coefficient (Wildman–Crippen LogP) is 3.44. The molecule has 1 N–H and O–H groups in total. The van der Waals surface area contributed by atoms with Gasteiger partial charge in [-0.05, 0) is 38.1 Å². The van der Waals surface area contributed by atoms with E-state index in [9.17, 15) is 4.79 Å². The van der Waals surface area contributed by atoms with Crippen molar-refractivity contribution >= 4 is 17.0 Å². The van der Waals surface area contributed by atoms with Crippen LogP contribution in [0.3, 0.4) is 0 Å². The number of rotatable bonds is 6. The van der Waals surface area contributed by atoms with E-state index in [0.29, 0.717) is 39.6 Å². The Hall–Kier alpha value is -3.88. The number of aryl methyl sites for hydroxylation is 2. The number of hydrogen-bond acceptors (Lipinski definition) is 7. The van der Waals surface area contributed by atoms with Crippen molar-refractivity contribution in [3.8, 4) is 22.8 Å². The summed E-state index contributed by atoms with van der Waals surface area (Å²) in [6.45, 7) is 3.67. The van der Waals surface area contributed by atoms with Gasteiger partial charge in [0, 0.05) is 24.4 Å². The number of carbonyl (C=O) groups is 1. The summed E-state index contributed by atoms with van der Waals surface area (Å²) in [6, 6.07) is 6.85. The van der Waals surface area contributed by atoms with Crippen LogP contribution in [0.5, 0.6) is 11.5 Å². The zero-order valence-corrected chi connectivity index (χ0v) is 18.0. The number of aromatic nitrogens is 4. The third kappa shape index (κ3) is 3.81. The van der Waals surface area contributed by atoms with Crippen molar-refractivity contribution in [1.29, 1.82) is 0 Å². The molecule has 0 spiro atoms. The summed E-state index contributed by atoms with van der Waals surface area (Å²) >= 11 is 0. The molecule has 0 aliphatic heterocycles. The van der Waals surface area contributed by atoms with Crippen LogP contribution in [0.4, 0.5) is 0 Å². The molecular weight excluding hydrogens is 398 g/mol. The maximum absolute atomic E-state index is 13.3. The topological polar surface area (TPSA) is 104 Å². The van der Waals surface area contributed by atoms with Gasteiger partial charge in [0.25, 0.3) is 11.6 Å². The molecular formula is C22H23N5O4. The zero-order valence-electron chi connectivity index (χ0n) is 18.0. The second-order valence-electron chi connectivity index (χ2n) is 7.21. The summed E-state index contributed by atoms with van der Waals surface area (Å²) in [7, 11) is 5.00. The number of carbonyl (C=O) groups excluding carboxylic acids is 1. The zero-order chi connectivity index (χ0) is 22.1. The van der Waals surface area contributed by atoms with E-state index in [0.717, 1.165) is 11.1 Å². The van der Waals surface area contributed by atoms with Crippen molar-refractivity contribution in [3.05, 3.63) is 53.5 Å². The third-order valence-electron chi connectivity index (χ3n) is 5.11. The lowest BCUT2D eigenvalue weighted by Crippen LogP contribution is -2.27. The SMILES string of the molecule is COc1ccc(OC)c(C(C)NC(=O)c2cc(-c3cnn(C)c3)nc3onc(C)c23)c1. The second kappa shape index (κ2) is 8.10. The van der Waals surface area contributed by atoms with E-state index in [4.69, 9.17) is 14.0 Å². The fraction of sp³-hybridized carbons (Fsp3) is 0.273. The molecule has 3 aromatic heterocycles. The minimum absolute atomic E-state index is 0.277. The normalized spacial score (nSPS) is 12.0. The summed E-state index contributed by atoms with van der Waals surface area (Å²) < 4.78 is 17.8. The van der Waals surface area contributed by atoms with E-state index in [1.807, 2.05) is 38.4 Å². The molecule has 0 radical (unpaired) electrons. The summed E-state index contributed by atoms with van der Waals surface area (Å²) in [5.74, 6) is 1.06. The molecule has 4 rings (SSSR count). The number of nitrogens with one attached hydrogen (secondary N) is 1. The highest BCUT2D eigenvalue weighted by Crippen LogP contribution is 2.31. The first-order valence-corrected chi connectivity index (χ1v) is 9.70. The van der Waals surface area contributed by atoms with Gasteiger partial charge in [0.15, 0.2) is 0 Å². The lowest BCUT2D eigenvalue weighted by Gasteiger charge is -2.18. The molecule has 0 fully saturated rings. The average Bonchev–Trinajstić information content (AvgIpc) is 3.38. The summed E-state index contributed by atoms with van der Waals surface area (Å²) in [5.41, 5.74) is 3.47. The number of methoxy groups -OCH3 is 2. The van der Waals surface area contributed by atoms with Gasteiger partial charge >= 0.3 is 0 Å². The molecule has 0 saturated heterocycles. The lowest BCUT2D eigenvalue weighted by molar-refractivity contribution is 0.0941. The van der Waals surface area contributed by atoms with Gasteiger partial charge < -0.3 is 19.3 Å². The second-order valence-corrected chi connectivity index (χ2v) is 7.21. The Bertz CT molecular complexity index is 1260. The maximum Gasteiger partial charge on any atom is 0.259 e. The van der Waals surface area contributed by atoms with Crippen LogP contribution in [-0.4, -0.2) is 40.0 Å². The molecule has 31 heavy (non-hydrogen) atoms. The molecule has 160 valence electrons. The maximum atomic E-state index is 13.3. The monoisotopic (exact) mass is 421 g/mol. The third-order valence-corrected chi connectivity index (χ3v) is 5.11. The van der Waals surface area contributed by atoms with Gasteiger partial charge in [-0.25, -0.2) is 4.98 Å². The van der Waals surface area contributed by atoms with Crippen LogP contribution in [0, 0.1) is 6.92 Å². The first-order chi connectivity index (χ1) is 14.9. The van der Waals surface area contributed by atoms with Crippen molar-refractivity contribution in [3.63, 3.8) is 0 Å². The molecule has 0 aliphatic carbocycles. The molecule has 1 amide bonds. The Morgan fingerprint density at radius 2 is 2.03 bits per heavy atom. The van der Waals surface area contributed by atoms with Gasteiger partial charge in [0.05, 0.1) is 48.8 Å². The van der Waals surface area contributed by atoms with Gasteiger partial charge in [-0.1, -0.05) is 5.16 Å². The van der Waals surface area contributed by atoms with Crippen molar-refractivity contribution < 1.29 is 18.8 Å². The van der Waals surface area contributed by atoms with Crippen LogP contribution < -0.4 is 14.8 Å². The Balaban J connectivity index is 1.73. The minimum Gasteiger partial charge on any atom is -0.497 e. The number of nitrogens with zero attached hydrogens (tertiary/aromatic N) is 4. The van der Waals surface area contributed by atoms with Gasteiger partial charge in [-0.15, -0.1) is 0 Å². The number of ether oxygens (including phenoxy) is 2. The van der Waals surface area contributed by atoms with Crippen LogP contribution in [0.15, 0.2) is 41.2 Å². The quantitative estimate of drug-likeness (QED) is 0.508. The first-order valence-electron chi connectivity index (χ1n) is 9.70. The van der Waals surface area contributed by atoms with Crippen molar-refractivity contribution in [2.24, 2.45) is 7.05 Å². The Labute approximate surface area is 179 Å². The number of hydrogen-bond donors (Lipinski definition) is 1.